The maximum Gasteiger partial charge on any atom is 0.191 e. The van der Waals surface area contributed by atoms with E-state index >= 15 is 0 Å². The molecule has 0 saturated carbocycles. The molecule has 2 rings (SSSR count). The van der Waals surface area contributed by atoms with Crippen LogP contribution in [-0.4, -0.2) is 52.1 Å². The van der Waals surface area contributed by atoms with Gasteiger partial charge in [0.15, 0.2) is 17.5 Å². The number of benzene rings is 1. The molecular weight excluding hydrogens is 337 g/mol. The summed E-state index contributed by atoms with van der Waals surface area (Å²) in [5.41, 5.74) is 0.539. The standard InChI is InChI=1S/C19H30FN3O3/c1-5-21-18(22-13-19(25-4)8-10-26-11-9-19)23-14(2)15-6-7-17(24-3)16(20)12-15/h6-7,12,14H,5,8-11,13H2,1-4H3,(H2,21,22,23). The molecule has 1 atom stereocenters. The van der Waals surface area contributed by atoms with E-state index in [1.165, 1.54) is 13.2 Å². The van der Waals surface area contributed by atoms with Crippen LogP contribution in [0, 0.1) is 5.82 Å². The summed E-state index contributed by atoms with van der Waals surface area (Å²) < 4.78 is 30.1. The Balaban J connectivity index is 2.07. The van der Waals surface area contributed by atoms with Gasteiger partial charge in [0, 0.05) is 39.7 Å². The highest BCUT2D eigenvalue weighted by molar-refractivity contribution is 5.80. The maximum atomic E-state index is 14.0. The summed E-state index contributed by atoms with van der Waals surface area (Å²) in [6.07, 6.45) is 1.65. The summed E-state index contributed by atoms with van der Waals surface area (Å²) in [6, 6.07) is 4.85. The zero-order valence-electron chi connectivity index (χ0n) is 16.1. The Morgan fingerprint density at radius 2 is 2.08 bits per heavy atom. The molecule has 1 heterocycles. The lowest BCUT2D eigenvalue weighted by Crippen LogP contribution is -2.44. The second-order valence-electron chi connectivity index (χ2n) is 6.45. The van der Waals surface area contributed by atoms with Gasteiger partial charge in [-0.2, -0.15) is 0 Å². The Morgan fingerprint density at radius 3 is 2.65 bits per heavy atom. The number of ether oxygens (including phenoxy) is 3. The van der Waals surface area contributed by atoms with Gasteiger partial charge in [-0.15, -0.1) is 0 Å². The van der Waals surface area contributed by atoms with Crippen molar-refractivity contribution < 1.29 is 18.6 Å². The molecule has 0 bridgehead atoms. The van der Waals surface area contributed by atoms with Crippen molar-refractivity contribution in [3.05, 3.63) is 29.6 Å². The van der Waals surface area contributed by atoms with E-state index in [-0.39, 0.29) is 23.2 Å². The number of nitrogens with one attached hydrogen (secondary N) is 2. The SMILES string of the molecule is CCNC(=NCC1(OC)CCOCC1)NC(C)c1ccc(OC)c(F)c1. The molecular formula is C19H30FN3O3. The average Bonchev–Trinajstić information content (AvgIpc) is 2.67. The topological polar surface area (TPSA) is 64.1 Å². The molecule has 0 spiro atoms. The van der Waals surface area contributed by atoms with Crippen molar-refractivity contribution in [3.8, 4) is 5.75 Å². The minimum atomic E-state index is -0.374. The number of nitrogens with zero attached hydrogens (tertiary/aromatic N) is 1. The molecule has 7 heteroatoms. The third-order valence-corrected chi connectivity index (χ3v) is 4.74. The second-order valence-corrected chi connectivity index (χ2v) is 6.45. The minimum absolute atomic E-state index is 0.110. The van der Waals surface area contributed by atoms with Gasteiger partial charge < -0.3 is 24.8 Å². The molecule has 0 aliphatic carbocycles. The molecule has 0 amide bonds. The van der Waals surface area contributed by atoms with Gasteiger partial charge in [-0.25, -0.2) is 4.39 Å². The normalized spacial score (nSPS) is 18.3. The van der Waals surface area contributed by atoms with Crippen LogP contribution in [0.5, 0.6) is 5.75 Å². The van der Waals surface area contributed by atoms with Crippen LogP contribution in [0.25, 0.3) is 0 Å². The van der Waals surface area contributed by atoms with Crippen molar-refractivity contribution in [1.29, 1.82) is 0 Å². The summed E-state index contributed by atoms with van der Waals surface area (Å²) in [6.45, 7) is 6.64. The second kappa shape index (κ2) is 9.73. The lowest BCUT2D eigenvalue weighted by Gasteiger charge is -2.34. The van der Waals surface area contributed by atoms with Crippen LogP contribution in [0.15, 0.2) is 23.2 Å². The predicted molar refractivity (Wildman–Crippen MR) is 100 cm³/mol. The van der Waals surface area contributed by atoms with Gasteiger partial charge in [0.2, 0.25) is 0 Å². The molecule has 2 N–H and O–H groups in total. The summed E-state index contributed by atoms with van der Waals surface area (Å²) in [5, 5.41) is 6.56. The van der Waals surface area contributed by atoms with E-state index in [4.69, 9.17) is 19.2 Å². The van der Waals surface area contributed by atoms with Crippen LogP contribution >= 0.6 is 0 Å². The monoisotopic (exact) mass is 367 g/mol. The number of hydrogen-bond donors (Lipinski definition) is 2. The lowest BCUT2D eigenvalue weighted by atomic mass is 9.94. The van der Waals surface area contributed by atoms with E-state index in [2.05, 4.69) is 10.6 Å². The van der Waals surface area contributed by atoms with Gasteiger partial charge in [0.25, 0.3) is 0 Å². The van der Waals surface area contributed by atoms with Crippen LogP contribution in [0.2, 0.25) is 0 Å². The number of hydrogen-bond acceptors (Lipinski definition) is 4. The number of methoxy groups -OCH3 is 2. The largest absolute Gasteiger partial charge is 0.494 e. The first-order chi connectivity index (χ1) is 12.5. The van der Waals surface area contributed by atoms with E-state index in [9.17, 15) is 4.39 Å². The third-order valence-electron chi connectivity index (χ3n) is 4.74. The summed E-state index contributed by atoms with van der Waals surface area (Å²) in [4.78, 5) is 4.70. The Kier molecular flexibility index (Phi) is 7.66. The molecule has 1 aliphatic rings. The van der Waals surface area contributed by atoms with Gasteiger partial charge in [-0.1, -0.05) is 6.07 Å². The van der Waals surface area contributed by atoms with Crippen molar-refractivity contribution in [3.63, 3.8) is 0 Å². The molecule has 146 valence electrons. The van der Waals surface area contributed by atoms with Crippen molar-refractivity contribution in [1.82, 2.24) is 10.6 Å². The third kappa shape index (κ3) is 5.32. The van der Waals surface area contributed by atoms with E-state index in [0.717, 1.165) is 24.9 Å². The molecule has 0 radical (unpaired) electrons. The molecule has 1 aliphatic heterocycles. The van der Waals surface area contributed by atoms with Crippen LogP contribution in [0.4, 0.5) is 4.39 Å². The predicted octanol–water partition coefficient (Wildman–Crippen LogP) is 2.65. The number of rotatable bonds is 7. The van der Waals surface area contributed by atoms with Gasteiger partial charge in [0.1, 0.15) is 0 Å². The van der Waals surface area contributed by atoms with Crippen LogP contribution in [0.1, 0.15) is 38.3 Å². The highest BCUT2D eigenvalue weighted by Gasteiger charge is 2.32. The number of halogens is 1. The maximum absolute atomic E-state index is 14.0. The zero-order valence-corrected chi connectivity index (χ0v) is 16.1. The highest BCUT2D eigenvalue weighted by atomic mass is 19.1. The van der Waals surface area contributed by atoms with Gasteiger partial charge in [-0.05, 0) is 31.5 Å². The van der Waals surface area contributed by atoms with Crippen LogP contribution < -0.4 is 15.4 Å². The van der Waals surface area contributed by atoms with Crippen molar-refractivity contribution >= 4 is 5.96 Å². The molecule has 26 heavy (non-hydrogen) atoms. The molecule has 0 aromatic heterocycles. The Morgan fingerprint density at radius 1 is 1.35 bits per heavy atom. The molecule has 1 unspecified atom stereocenters. The first kappa shape index (κ1) is 20.5. The Hall–Kier alpha value is -1.86. The van der Waals surface area contributed by atoms with Crippen LogP contribution in [-0.2, 0) is 9.47 Å². The van der Waals surface area contributed by atoms with E-state index in [0.29, 0.717) is 25.7 Å². The minimum Gasteiger partial charge on any atom is -0.494 e. The highest BCUT2D eigenvalue weighted by Crippen LogP contribution is 2.25. The summed E-state index contributed by atoms with van der Waals surface area (Å²) in [5.74, 6) is 0.545. The summed E-state index contributed by atoms with van der Waals surface area (Å²) in [7, 11) is 3.18. The van der Waals surface area contributed by atoms with Crippen molar-refractivity contribution in [2.24, 2.45) is 4.99 Å². The summed E-state index contributed by atoms with van der Waals surface area (Å²) >= 11 is 0. The van der Waals surface area contributed by atoms with E-state index < -0.39 is 0 Å². The first-order valence-electron chi connectivity index (χ1n) is 9.04. The zero-order chi connectivity index (χ0) is 19.0. The number of aliphatic imine (C=N–C) groups is 1. The number of guanidine groups is 1. The molecule has 1 aromatic rings. The van der Waals surface area contributed by atoms with Gasteiger partial charge >= 0.3 is 0 Å². The molecule has 1 aromatic carbocycles. The smallest absolute Gasteiger partial charge is 0.191 e. The fourth-order valence-corrected chi connectivity index (χ4v) is 2.95. The first-order valence-corrected chi connectivity index (χ1v) is 9.04. The van der Waals surface area contributed by atoms with Crippen LogP contribution in [0.3, 0.4) is 0 Å². The molecule has 6 nitrogen and oxygen atoms in total. The van der Waals surface area contributed by atoms with Crippen molar-refractivity contribution in [2.45, 2.75) is 38.3 Å². The van der Waals surface area contributed by atoms with Gasteiger partial charge in [0.05, 0.1) is 25.3 Å². The molecule has 1 saturated heterocycles. The molecule has 1 fully saturated rings. The quantitative estimate of drug-likeness (QED) is 0.573. The Bertz CT molecular complexity index is 604. The average molecular weight is 367 g/mol. The van der Waals surface area contributed by atoms with Crippen molar-refractivity contribution in [2.75, 3.05) is 40.5 Å². The fraction of sp³-hybridized carbons (Fsp3) is 0.632. The fourth-order valence-electron chi connectivity index (χ4n) is 2.95. The van der Waals surface area contributed by atoms with E-state index in [1.54, 1.807) is 13.2 Å². The van der Waals surface area contributed by atoms with Gasteiger partial charge in [-0.3, -0.25) is 4.99 Å². The Labute approximate surface area is 155 Å². The van der Waals surface area contributed by atoms with E-state index in [1.807, 2.05) is 19.9 Å². The lowest BCUT2D eigenvalue weighted by molar-refractivity contribution is -0.0828.